The number of nitrogens with one attached hydrogen (secondary N) is 2. The second-order valence-electron chi connectivity index (χ2n) is 6.36. The van der Waals surface area contributed by atoms with Crippen molar-refractivity contribution in [1.29, 1.82) is 0 Å². The molecule has 0 bridgehead atoms. The molecule has 1 fully saturated rings. The summed E-state index contributed by atoms with van der Waals surface area (Å²) < 4.78 is 14.3. The first-order valence-electron chi connectivity index (χ1n) is 8.33. The van der Waals surface area contributed by atoms with Crippen LogP contribution in [-0.2, 0) is 6.54 Å². The first kappa shape index (κ1) is 18.5. The SMILES string of the molecule is CC(CO)CNC(=O)NCc1ccc(N2CCC(O)CC2)c(F)c1. The minimum atomic E-state index is -0.343. The number of urea groups is 1. The van der Waals surface area contributed by atoms with E-state index in [1.54, 1.807) is 12.1 Å². The van der Waals surface area contributed by atoms with Gasteiger partial charge in [0, 0.05) is 32.8 Å². The Bertz CT molecular complexity index is 548. The summed E-state index contributed by atoms with van der Waals surface area (Å²) in [5, 5.41) is 23.7. The van der Waals surface area contributed by atoms with Gasteiger partial charge in [-0.15, -0.1) is 0 Å². The highest BCUT2D eigenvalue weighted by molar-refractivity contribution is 5.73. The molecule has 6 nitrogen and oxygen atoms in total. The van der Waals surface area contributed by atoms with Crippen molar-refractivity contribution < 1.29 is 19.4 Å². The van der Waals surface area contributed by atoms with Gasteiger partial charge in [-0.25, -0.2) is 9.18 Å². The standard InChI is InChI=1S/C17H26FN3O3/c1-12(11-22)9-19-17(24)20-10-13-2-3-16(15(18)8-13)21-6-4-14(23)5-7-21/h2-3,8,12,14,22-23H,4-7,9-11H2,1H3,(H2,19,20,24). The predicted molar refractivity (Wildman–Crippen MR) is 90.3 cm³/mol. The van der Waals surface area contributed by atoms with Gasteiger partial charge >= 0.3 is 6.03 Å². The van der Waals surface area contributed by atoms with Gasteiger partial charge in [0.05, 0.1) is 11.8 Å². The molecule has 7 heteroatoms. The van der Waals surface area contributed by atoms with E-state index in [2.05, 4.69) is 10.6 Å². The average molecular weight is 339 g/mol. The highest BCUT2D eigenvalue weighted by Gasteiger charge is 2.19. The molecule has 1 aromatic rings. The lowest BCUT2D eigenvalue weighted by Crippen LogP contribution is -2.38. The molecule has 1 aromatic carbocycles. The summed E-state index contributed by atoms with van der Waals surface area (Å²) in [6, 6.07) is 4.59. The number of rotatable bonds is 6. The number of nitrogens with zero attached hydrogens (tertiary/aromatic N) is 1. The maximum atomic E-state index is 14.3. The van der Waals surface area contributed by atoms with Crippen molar-refractivity contribution in [2.45, 2.75) is 32.4 Å². The van der Waals surface area contributed by atoms with Gasteiger partial charge in [0.2, 0.25) is 0 Å². The van der Waals surface area contributed by atoms with Crippen molar-refractivity contribution in [3.05, 3.63) is 29.6 Å². The number of hydrogen-bond acceptors (Lipinski definition) is 4. The maximum Gasteiger partial charge on any atom is 0.315 e. The molecule has 2 amide bonds. The van der Waals surface area contributed by atoms with Gasteiger partial charge in [-0.3, -0.25) is 0 Å². The van der Waals surface area contributed by atoms with Crippen LogP contribution in [0.2, 0.25) is 0 Å². The Kier molecular flexibility index (Phi) is 6.81. The summed E-state index contributed by atoms with van der Waals surface area (Å²) >= 11 is 0. The fourth-order valence-corrected chi connectivity index (χ4v) is 2.60. The fourth-order valence-electron chi connectivity index (χ4n) is 2.60. The third kappa shape index (κ3) is 5.35. The number of carbonyl (C=O) groups excluding carboxylic acids is 1. The molecule has 1 atom stereocenters. The molecule has 0 aliphatic carbocycles. The van der Waals surface area contributed by atoms with Crippen LogP contribution in [0.3, 0.4) is 0 Å². The molecule has 1 aliphatic rings. The van der Waals surface area contributed by atoms with E-state index in [1.807, 2.05) is 11.8 Å². The lowest BCUT2D eigenvalue weighted by atomic mass is 10.1. The monoisotopic (exact) mass is 339 g/mol. The first-order chi connectivity index (χ1) is 11.5. The summed E-state index contributed by atoms with van der Waals surface area (Å²) in [6.45, 7) is 3.74. The van der Waals surface area contributed by atoms with Gasteiger partial charge < -0.3 is 25.7 Å². The van der Waals surface area contributed by atoms with E-state index < -0.39 is 0 Å². The topological polar surface area (TPSA) is 84.8 Å². The van der Waals surface area contributed by atoms with Crippen molar-refractivity contribution >= 4 is 11.7 Å². The molecular formula is C17H26FN3O3. The van der Waals surface area contributed by atoms with Gasteiger partial charge in [-0.2, -0.15) is 0 Å². The average Bonchev–Trinajstić information content (AvgIpc) is 2.59. The molecule has 2 rings (SSSR count). The quantitative estimate of drug-likeness (QED) is 0.628. The molecule has 134 valence electrons. The minimum Gasteiger partial charge on any atom is -0.396 e. The number of aliphatic hydroxyl groups excluding tert-OH is 2. The second-order valence-corrected chi connectivity index (χ2v) is 6.36. The molecule has 1 saturated heterocycles. The Hall–Kier alpha value is -1.86. The van der Waals surface area contributed by atoms with Crippen molar-refractivity contribution in [2.75, 3.05) is 31.1 Å². The lowest BCUT2D eigenvalue weighted by molar-refractivity contribution is 0.145. The largest absolute Gasteiger partial charge is 0.396 e. The van der Waals surface area contributed by atoms with Gasteiger partial charge in [0.25, 0.3) is 0 Å². The van der Waals surface area contributed by atoms with E-state index in [0.717, 1.165) is 0 Å². The minimum absolute atomic E-state index is 0.00413. The summed E-state index contributed by atoms with van der Waals surface area (Å²) in [5.41, 5.74) is 1.21. The van der Waals surface area contributed by atoms with E-state index in [1.165, 1.54) is 6.07 Å². The van der Waals surface area contributed by atoms with Crippen LogP contribution in [0.15, 0.2) is 18.2 Å². The number of amides is 2. The van der Waals surface area contributed by atoms with E-state index in [0.29, 0.717) is 43.7 Å². The zero-order valence-electron chi connectivity index (χ0n) is 14.0. The smallest absolute Gasteiger partial charge is 0.315 e. The van der Waals surface area contributed by atoms with E-state index in [-0.39, 0.29) is 37.0 Å². The second kappa shape index (κ2) is 8.84. The molecule has 4 N–H and O–H groups in total. The number of piperidine rings is 1. The molecule has 0 aromatic heterocycles. The molecule has 1 unspecified atom stereocenters. The molecule has 0 saturated carbocycles. The first-order valence-corrected chi connectivity index (χ1v) is 8.33. The molecule has 1 aliphatic heterocycles. The normalized spacial score (nSPS) is 16.8. The van der Waals surface area contributed by atoms with Crippen molar-refractivity contribution in [3.8, 4) is 0 Å². The van der Waals surface area contributed by atoms with Gasteiger partial charge in [0.1, 0.15) is 5.82 Å². The van der Waals surface area contributed by atoms with Crippen molar-refractivity contribution in [3.63, 3.8) is 0 Å². The lowest BCUT2D eigenvalue weighted by Gasteiger charge is -2.31. The van der Waals surface area contributed by atoms with E-state index in [9.17, 15) is 14.3 Å². The van der Waals surface area contributed by atoms with Crippen LogP contribution in [0.1, 0.15) is 25.3 Å². The van der Waals surface area contributed by atoms with Crippen LogP contribution in [0.25, 0.3) is 0 Å². The zero-order valence-corrected chi connectivity index (χ0v) is 14.0. The van der Waals surface area contributed by atoms with Crippen LogP contribution >= 0.6 is 0 Å². The summed E-state index contributed by atoms with van der Waals surface area (Å²) in [7, 11) is 0. The molecule has 0 spiro atoms. The third-order valence-electron chi connectivity index (χ3n) is 4.19. The third-order valence-corrected chi connectivity index (χ3v) is 4.19. The molecule has 24 heavy (non-hydrogen) atoms. The van der Waals surface area contributed by atoms with Crippen molar-refractivity contribution in [1.82, 2.24) is 10.6 Å². The van der Waals surface area contributed by atoms with Crippen molar-refractivity contribution in [2.24, 2.45) is 5.92 Å². The van der Waals surface area contributed by atoms with Crippen LogP contribution < -0.4 is 15.5 Å². The van der Waals surface area contributed by atoms with Crippen LogP contribution in [0.4, 0.5) is 14.9 Å². The van der Waals surface area contributed by atoms with E-state index >= 15 is 0 Å². The number of hydrogen-bond donors (Lipinski definition) is 4. The predicted octanol–water partition coefficient (Wildman–Crippen LogP) is 1.21. The summed E-state index contributed by atoms with van der Waals surface area (Å²) in [4.78, 5) is 13.6. The number of anilines is 1. The Balaban J connectivity index is 1.84. The van der Waals surface area contributed by atoms with Crippen LogP contribution in [-0.4, -0.2) is 48.6 Å². The van der Waals surface area contributed by atoms with E-state index in [4.69, 9.17) is 5.11 Å². The van der Waals surface area contributed by atoms with Gasteiger partial charge in [-0.1, -0.05) is 13.0 Å². The number of aliphatic hydroxyl groups is 2. The highest BCUT2D eigenvalue weighted by atomic mass is 19.1. The maximum absolute atomic E-state index is 14.3. The Labute approximate surface area is 141 Å². The fraction of sp³-hybridized carbons (Fsp3) is 0.588. The van der Waals surface area contributed by atoms with Gasteiger partial charge in [-0.05, 0) is 36.5 Å². The molecule has 1 heterocycles. The summed E-state index contributed by atoms with van der Waals surface area (Å²) in [5.74, 6) is -0.324. The highest BCUT2D eigenvalue weighted by Crippen LogP contribution is 2.24. The summed E-state index contributed by atoms with van der Waals surface area (Å²) in [6.07, 6.45) is 1.00. The number of carbonyl (C=O) groups is 1. The molecular weight excluding hydrogens is 313 g/mol. The number of halogens is 1. The molecule has 0 radical (unpaired) electrons. The zero-order chi connectivity index (χ0) is 17.5. The Morgan fingerprint density at radius 1 is 1.38 bits per heavy atom. The Morgan fingerprint density at radius 2 is 2.08 bits per heavy atom. The number of benzene rings is 1. The van der Waals surface area contributed by atoms with Crippen LogP contribution in [0.5, 0.6) is 0 Å². The van der Waals surface area contributed by atoms with Crippen LogP contribution in [0, 0.1) is 11.7 Å². The Morgan fingerprint density at radius 3 is 2.71 bits per heavy atom. The van der Waals surface area contributed by atoms with Gasteiger partial charge in [0.15, 0.2) is 0 Å².